The molecule has 0 spiro atoms. The van der Waals surface area contributed by atoms with E-state index in [1.54, 1.807) is 7.11 Å². The Morgan fingerprint density at radius 2 is 1.90 bits per heavy atom. The summed E-state index contributed by atoms with van der Waals surface area (Å²) in [6.45, 7) is 1.90. The number of pyridine rings is 1. The summed E-state index contributed by atoms with van der Waals surface area (Å²) in [5.41, 5.74) is 3.25. The molecular formula is C23H24Cl2N2O3. The van der Waals surface area contributed by atoms with Gasteiger partial charge in [0.15, 0.2) is 6.29 Å². The number of fused-ring (bicyclic) bond motifs is 1. The van der Waals surface area contributed by atoms with Crippen LogP contribution < -0.4 is 10.1 Å². The number of halogens is 2. The average Bonchev–Trinajstić information content (AvgIpc) is 2.78. The number of hydrogen-bond acceptors (Lipinski definition) is 5. The van der Waals surface area contributed by atoms with Crippen molar-refractivity contribution < 1.29 is 14.2 Å². The van der Waals surface area contributed by atoms with Gasteiger partial charge in [0.25, 0.3) is 0 Å². The number of benzene rings is 2. The Labute approximate surface area is 186 Å². The predicted molar refractivity (Wildman–Crippen MR) is 119 cm³/mol. The lowest BCUT2D eigenvalue weighted by Gasteiger charge is -2.30. The number of nitrogens with zero attached hydrogens (tertiary/aromatic N) is 1. The first kappa shape index (κ1) is 21.3. The highest BCUT2D eigenvalue weighted by atomic mass is 35.5. The Hall–Kier alpha value is -1.89. The third-order valence-electron chi connectivity index (χ3n) is 5.23. The van der Waals surface area contributed by atoms with Gasteiger partial charge in [0, 0.05) is 24.5 Å². The molecule has 158 valence electrons. The summed E-state index contributed by atoms with van der Waals surface area (Å²) in [6, 6.07) is 13.8. The predicted octanol–water partition coefficient (Wildman–Crippen LogP) is 5.01. The lowest BCUT2D eigenvalue weighted by Crippen LogP contribution is -2.44. The molecule has 0 radical (unpaired) electrons. The molecule has 0 unspecified atom stereocenters. The monoisotopic (exact) mass is 446 g/mol. The summed E-state index contributed by atoms with van der Waals surface area (Å²) in [6.07, 6.45) is 3.27. The van der Waals surface area contributed by atoms with Gasteiger partial charge in [-0.3, -0.25) is 4.98 Å². The summed E-state index contributed by atoms with van der Waals surface area (Å²) in [7, 11) is 1.67. The fourth-order valence-electron chi connectivity index (χ4n) is 3.54. The molecule has 7 heteroatoms. The van der Waals surface area contributed by atoms with E-state index in [2.05, 4.69) is 10.3 Å². The molecule has 2 aromatic carbocycles. The van der Waals surface area contributed by atoms with Crippen molar-refractivity contribution in [1.29, 1.82) is 0 Å². The number of aryl methyl sites for hydroxylation is 1. The van der Waals surface area contributed by atoms with E-state index in [0.717, 1.165) is 35.1 Å². The molecule has 1 aliphatic heterocycles. The number of rotatable bonds is 7. The van der Waals surface area contributed by atoms with E-state index in [-0.39, 0.29) is 12.3 Å². The van der Waals surface area contributed by atoms with Crippen LogP contribution in [0.4, 0.5) is 0 Å². The van der Waals surface area contributed by atoms with Gasteiger partial charge in [0.05, 0.1) is 41.9 Å². The first-order valence-corrected chi connectivity index (χ1v) is 10.7. The van der Waals surface area contributed by atoms with E-state index < -0.39 is 0 Å². The van der Waals surface area contributed by atoms with Crippen LogP contribution in [0.3, 0.4) is 0 Å². The van der Waals surface area contributed by atoms with Crippen LogP contribution in [-0.2, 0) is 22.4 Å². The first-order valence-electron chi connectivity index (χ1n) is 9.94. The number of methoxy groups -OCH3 is 1. The Kier molecular flexibility index (Phi) is 7.08. The van der Waals surface area contributed by atoms with Gasteiger partial charge in [-0.25, -0.2) is 0 Å². The highest BCUT2D eigenvalue weighted by Gasteiger charge is 2.22. The van der Waals surface area contributed by atoms with E-state index in [4.69, 9.17) is 37.4 Å². The lowest BCUT2D eigenvalue weighted by atomic mass is 10.0. The largest absolute Gasteiger partial charge is 0.497 e. The molecule has 3 aromatic rings. The molecule has 2 heterocycles. The molecule has 1 fully saturated rings. The minimum absolute atomic E-state index is 0.140. The zero-order chi connectivity index (χ0) is 20.9. The number of nitrogens with one attached hydrogen (secondary N) is 1. The minimum Gasteiger partial charge on any atom is -0.497 e. The van der Waals surface area contributed by atoms with Gasteiger partial charge in [-0.2, -0.15) is 0 Å². The molecule has 1 saturated heterocycles. The molecule has 1 N–H and O–H groups in total. The molecule has 0 saturated carbocycles. The van der Waals surface area contributed by atoms with Crippen molar-refractivity contribution >= 4 is 34.1 Å². The molecule has 4 rings (SSSR count). The highest BCUT2D eigenvalue weighted by Crippen LogP contribution is 2.25. The molecule has 1 aromatic heterocycles. The van der Waals surface area contributed by atoms with Gasteiger partial charge in [-0.1, -0.05) is 29.3 Å². The van der Waals surface area contributed by atoms with E-state index >= 15 is 0 Å². The summed E-state index contributed by atoms with van der Waals surface area (Å²) in [5, 5.41) is 5.67. The SMILES string of the molecule is COc1ccc2nccc(CC[C@H]3OC[C@H](NCc4ccc(Cl)c(Cl)c4)CO3)c2c1. The van der Waals surface area contributed by atoms with Crippen LogP contribution in [0.1, 0.15) is 17.5 Å². The Bertz CT molecular complexity index is 1010. The van der Waals surface area contributed by atoms with E-state index in [0.29, 0.717) is 29.8 Å². The van der Waals surface area contributed by atoms with Crippen LogP contribution >= 0.6 is 23.2 Å². The van der Waals surface area contributed by atoms with Crippen LogP contribution in [0.5, 0.6) is 5.75 Å². The summed E-state index contributed by atoms with van der Waals surface area (Å²) < 4.78 is 17.2. The van der Waals surface area contributed by atoms with E-state index in [9.17, 15) is 0 Å². The van der Waals surface area contributed by atoms with Crippen LogP contribution in [-0.4, -0.2) is 37.6 Å². The van der Waals surface area contributed by atoms with Crippen molar-refractivity contribution in [2.45, 2.75) is 31.7 Å². The average molecular weight is 447 g/mol. The second kappa shape index (κ2) is 9.94. The quantitative estimate of drug-likeness (QED) is 0.552. The molecule has 0 bridgehead atoms. The van der Waals surface area contributed by atoms with Gasteiger partial charge < -0.3 is 19.5 Å². The maximum atomic E-state index is 6.07. The second-order valence-electron chi connectivity index (χ2n) is 7.31. The highest BCUT2D eigenvalue weighted by molar-refractivity contribution is 6.42. The molecule has 30 heavy (non-hydrogen) atoms. The fraction of sp³-hybridized carbons (Fsp3) is 0.348. The van der Waals surface area contributed by atoms with E-state index in [1.807, 2.05) is 48.7 Å². The summed E-state index contributed by atoms with van der Waals surface area (Å²) >= 11 is 12.0. The van der Waals surface area contributed by atoms with Gasteiger partial charge in [0.2, 0.25) is 0 Å². The number of aromatic nitrogens is 1. The standard InChI is InChI=1S/C23H24Cl2N2O3/c1-28-18-4-6-22-19(11-18)16(8-9-26-22)3-7-23-29-13-17(14-30-23)27-12-15-2-5-20(24)21(25)10-15/h2,4-6,8-11,17,23,27H,3,7,12-14H2,1H3/t17-,23-. The topological polar surface area (TPSA) is 52.6 Å². The van der Waals surface area contributed by atoms with Gasteiger partial charge in [-0.15, -0.1) is 0 Å². The summed E-state index contributed by atoms with van der Waals surface area (Å²) in [4.78, 5) is 4.44. The number of hydrogen-bond donors (Lipinski definition) is 1. The Balaban J connectivity index is 1.27. The third-order valence-corrected chi connectivity index (χ3v) is 5.97. The molecular weight excluding hydrogens is 423 g/mol. The zero-order valence-corrected chi connectivity index (χ0v) is 18.2. The Morgan fingerprint density at radius 1 is 1.07 bits per heavy atom. The zero-order valence-electron chi connectivity index (χ0n) is 16.7. The fourth-order valence-corrected chi connectivity index (χ4v) is 3.86. The molecule has 0 amide bonds. The van der Waals surface area contributed by atoms with Crippen molar-refractivity contribution in [1.82, 2.24) is 10.3 Å². The summed E-state index contributed by atoms with van der Waals surface area (Å²) in [5.74, 6) is 0.831. The third kappa shape index (κ3) is 5.23. The smallest absolute Gasteiger partial charge is 0.158 e. The molecule has 0 aliphatic carbocycles. The maximum absolute atomic E-state index is 6.07. The van der Waals surface area contributed by atoms with Gasteiger partial charge in [-0.05, 0) is 53.9 Å². The molecule has 1 aliphatic rings. The van der Waals surface area contributed by atoms with Crippen LogP contribution in [0.15, 0.2) is 48.7 Å². The normalized spacial score (nSPS) is 19.2. The van der Waals surface area contributed by atoms with Crippen molar-refractivity contribution in [2.75, 3.05) is 20.3 Å². The van der Waals surface area contributed by atoms with Crippen LogP contribution in [0, 0.1) is 0 Å². The van der Waals surface area contributed by atoms with Crippen molar-refractivity contribution in [3.05, 3.63) is 69.8 Å². The molecule has 5 nitrogen and oxygen atoms in total. The minimum atomic E-state index is -0.207. The van der Waals surface area contributed by atoms with Crippen molar-refractivity contribution in [3.8, 4) is 5.75 Å². The number of ether oxygens (including phenoxy) is 3. The van der Waals surface area contributed by atoms with Gasteiger partial charge in [0.1, 0.15) is 5.75 Å². The van der Waals surface area contributed by atoms with Crippen molar-refractivity contribution in [3.63, 3.8) is 0 Å². The van der Waals surface area contributed by atoms with Gasteiger partial charge >= 0.3 is 0 Å². The van der Waals surface area contributed by atoms with Crippen LogP contribution in [0.2, 0.25) is 10.0 Å². The maximum Gasteiger partial charge on any atom is 0.158 e. The Morgan fingerprint density at radius 3 is 2.67 bits per heavy atom. The lowest BCUT2D eigenvalue weighted by molar-refractivity contribution is -0.192. The van der Waals surface area contributed by atoms with Crippen molar-refractivity contribution in [2.24, 2.45) is 0 Å². The second-order valence-corrected chi connectivity index (χ2v) is 8.13. The molecule has 0 atom stereocenters. The van der Waals surface area contributed by atoms with Crippen LogP contribution in [0.25, 0.3) is 10.9 Å². The first-order chi connectivity index (χ1) is 14.6. The van der Waals surface area contributed by atoms with E-state index in [1.165, 1.54) is 5.56 Å².